The van der Waals surface area contributed by atoms with Crippen LogP contribution in [0.1, 0.15) is 13.3 Å². The van der Waals surface area contributed by atoms with Crippen LogP contribution in [0.15, 0.2) is 17.6 Å². The molecule has 0 radical (unpaired) electrons. The maximum atomic E-state index is 5.70. The van der Waals surface area contributed by atoms with E-state index in [0.717, 1.165) is 18.2 Å². The van der Waals surface area contributed by atoms with E-state index in [0.29, 0.717) is 16.4 Å². The zero-order valence-electron chi connectivity index (χ0n) is 7.81. The van der Waals surface area contributed by atoms with Gasteiger partial charge in [-0.25, -0.2) is 9.97 Å². The standard InChI is InChI=1S/C9H11ClN2OS/c1-6-8(2-3-13-6)14-9-11-4-7(10)5-12-9/h4-6,8H,2-3H2,1H3. The summed E-state index contributed by atoms with van der Waals surface area (Å²) < 4.78 is 5.46. The highest BCUT2D eigenvalue weighted by molar-refractivity contribution is 7.99. The summed E-state index contributed by atoms with van der Waals surface area (Å²) in [5, 5.41) is 1.82. The molecule has 76 valence electrons. The zero-order valence-corrected chi connectivity index (χ0v) is 9.38. The molecule has 0 spiro atoms. The molecule has 1 aliphatic heterocycles. The van der Waals surface area contributed by atoms with E-state index in [1.807, 2.05) is 0 Å². The monoisotopic (exact) mass is 230 g/mol. The molecule has 14 heavy (non-hydrogen) atoms. The van der Waals surface area contributed by atoms with Crippen LogP contribution in [0.3, 0.4) is 0 Å². The van der Waals surface area contributed by atoms with Gasteiger partial charge in [-0.05, 0) is 13.3 Å². The molecule has 1 aromatic rings. The molecule has 0 amide bonds. The molecule has 0 aliphatic carbocycles. The second-order valence-electron chi connectivity index (χ2n) is 3.20. The summed E-state index contributed by atoms with van der Waals surface area (Å²) in [6, 6.07) is 0. The average molecular weight is 231 g/mol. The van der Waals surface area contributed by atoms with E-state index < -0.39 is 0 Å². The third kappa shape index (κ3) is 2.38. The van der Waals surface area contributed by atoms with Gasteiger partial charge in [-0.1, -0.05) is 23.4 Å². The minimum atomic E-state index is 0.291. The van der Waals surface area contributed by atoms with Crippen LogP contribution >= 0.6 is 23.4 Å². The predicted octanol–water partition coefficient (Wildman–Crippen LogP) is 2.40. The number of rotatable bonds is 2. The summed E-state index contributed by atoms with van der Waals surface area (Å²) in [6.07, 6.45) is 4.60. The number of thioether (sulfide) groups is 1. The van der Waals surface area contributed by atoms with Gasteiger partial charge in [0.1, 0.15) is 0 Å². The van der Waals surface area contributed by atoms with Crippen LogP contribution in [-0.2, 0) is 4.74 Å². The van der Waals surface area contributed by atoms with Crippen LogP contribution in [-0.4, -0.2) is 27.9 Å². The van der Waals surface area contributed by atoms with E-state index in [1.165, 1.54) is 0 Å². The van der Waals surface area contributed by atoms with Gasteiger partial charge in [-0.3, -0.25) is 0 Å². The van der Waals surface area contributed by atoms with Crippen molar-refractivity contribution < 1.29 is 4.74 Å². The van der Waals surface area contributed by atoms with Gasteiger partial charge in [0.25, 0.3) is 0 Å². The number of hydrogen-bond acceptors (Lipinski definition) is 4. The first-order chi connectivity index (χ1) is 6.75. The Morgan fingerprint density at radius 1 is 1.50 bits per heavy atom. The van der Waals surface area contributed by atoms with Gasteiger partial charge in [-0.2, -0.15) is 0 Å². The molecule has 1 aliphatic rings. The van der Waals surface area contributed by atoms with Crippen molar-refractivity contribution >= 4 is 23.4 Å². The summed E-state index contributed by atoms with van der Waals surface area (Å²) in [4.78, 5) is 8.28. The van der Waals surface area contributed by atoms with Crippen molar-refractivity contribution in [1.82, 2.24) is 9.97 Å². The van der Waals surface area contributed by atoms with Gasteiger partial charge in [-0.15, -0.1) is 0 Å². The largest absolute Gasteiger partial charge is 0.377 e. The zero-order chi connectivity index (χ0) is 9.97. The molecule has 1 saturated heterocycles. The van der Waals surface area contributed by atoms with E-state index in [1.54, 1.807) is 24.2 Å². The van der Waals surface area contributed by atoms with Gasteiger partial charge in [0, 0.05) is 11.9 Å². The van der Waals surface area contributed by atoms with Crippen LogP contribution < -0.4 is 0 Å². The Morgan fingerprint density at radius 3 is 2.79 bits per heavy atom. The lowest BCUT2D eigenvalue weighted by Crippen LogP contribution is -2.13. The minimum Gasteiger partial charge on any atom is -0.377 e. The van der Waals surface area contributed by atoms with E-state index in [-0.39, 0.29) is 0 Å². The van der Waals surface area contributed by atoms with Crippen LogP contribution in [0.4, 0.5) is 0 Å². The van der Waals surface area contributed by atoms with Gasteiger partial charge < -0.3 is 4.74 Å². The molecule has 2 atom stereocenters. The Kier molecular flexibility index (Phi) is 3.26. The molecule has 0 bridgehead atoms. The predicted molar refractivity (Wildman–Crippen MR) is 56.7 cm³/mol. The Balaban J connectivity index is 2.00. The first-order valence-electron chi connectivity index (χ1n) is 4.51. The van der Waals surface area contributed by atoms with E-state index in [9.17, 15) is 0 Å². The summed E-state index contributed by atoms with van der Waals surface area (Å²) >= 11 is 7.36. The van der Waals surface area contributed by atoms with Crippen molar-refractivity contribution in [3.63, 3.8) is 0 Å². The van der Waals surface area contributed by atoms with Crippen molar-refractivity contribution in [1.29, 1.82) is 0 Å². The summed E-state index contributed by atoms with van der Waals surface area (Å²) in [5.41, 5.74) is 0. The molecule has 5 heteroatoms. The fraction of sp³-hybridized carbons (Fsp3) is 0.556. The lowest BCUT2D eigenvalue weighted by Gasteiger charge is -2.11. The van der Waals surface area contributed by atoms with Crippen molar-refractivity contribution in [2.24, 2.45) is 0 Å². The minimum absolute atomic E-state index is 0.291. The molecule has 0 aromatic carbocycles. The number of nitrogens with zero attached hydrogens (tertiary/aromatic N) is 2. The van der Waals surface area contributed by atoms with Crippen LogP contribution in [0.5, 0.6) is 0 Å². The molecule has 0 saturated carbocycles. The number of halogens is 1. The molecular weight excluding hydrogens is 220 g/mol. The SMILES string of the molecule is CC1OCCC1Sc1ncc(Cl)cn1. The quantitative estimate of drug-likeness (QED) is 0.731. The lowest BCUT2D eigenvalue weighted by atomic mass is 10.3. The molecule has 2 heterocycles. The molecule has 1 fully saturated rings. The highest BCUT2D eigenvalue weighted by atomic mass is 35.5. The summed E-state index contributed by atoms with van der Waals surface area (Å²) in [5.74, 6) is 0. The van der Waals surface area contributed by atoms with Crippen LogP contribution in [0.25, 0.3) is 0 Å². The molecule has 0 N–H and O–H groups in total. The third-order valence-electron chi connectivity index (χ3n) is 2.16. The second kappa shape index (κ2) is 4.47. The smallest absolute Gasteiger partial charge is 0.187 e. The van der Waals surface area contributed by atoms with E-state index >= 15 is 0 Å². The number of aromatic nitrogens is 2. The van der Waals surface area contributed by atoms with Crippen molar-refractivity contribution in [3.05, 3.63) is 17.4 Å². The Labute approximate surface area is 92.2 Å². The van der Waals surface area contributed by atoms with Gasteiger partial charge in [0.05, 0.1) is 23.5 Å². The first-order valence-corrected chi connectivity index (χ1v) is 5.77. The highest BCUT2D eigenvalue weighted by Gasteiger charge is 2.25. The topological polar surface area (TPSA) is 35.0 Å². The van der Waals surface area contributed by atoms with Gasteiger partial charge in [0.2, 0.25) is 0 Å². The van der Waals surface area contributed by atoms with Gasteiger partial charge >= 0.3 is 0 Å². The Morgan fingerprint density at radius 2 is 2.21 bits per heavy atom. The molecule has 3 nitrogen and oxygen atoms in total. The van der Waals surface area contributed by atoms with E-state index in [2.05, 4.69) is 16.9 Å². The van der Waals surface area contributed by atoms with Crippen LogP contribution in [0.2, 0.25) is 5.02 Å². The third-order valence-corrected chi connectivity index (χ3v) is 3.70. The van der Waals surface area contributed by atoms with Crippen LogP contribution in [0, 0.1) is 0 Å². The molecule has 1 aromatic heterocycles. The van der Waals surface area contributed by atoms with Crippen molar-refractivity contribution in [2.75, 3.05) is 6.61 Å². The number of ether oxygens (including phenoxy) is 1. The van der Waals surface area contributed by atoms with Gasteiger partial charge in [0.15, 0.2) is 5.16 Å². The van der Waals surface area contributed by atoms with Crippen molar-refractivity contribution in [3.8, 4) is 0 Å². The van der Waals surface area contributed by atoms with E-state index in [4.69, 9.17) is 16.3 Å². The Bertz CT molecular complexity index is 306. The number of hydrogen-bond donors (Lipinski definition) is 0. The molecular formula is C9H11ClN2OS. The maximum Gasteiger partial charge on any atom is 0.187 e. The fourth-order valence-corrected chi connectivity index (χ4v) is 2.44. The summed E-state index contributed by atoms with van der Waals surface area (Å²) in [7, 11) is 0. The normalized spacial score (nSPS) is 26.7. The van der Waals surface area contributed by atoms with Crippen molar-refractivity contribution in [2.45, 2.75) is 29.9 Å². The molecule has 2 rings (SSSR count). The Hall–Kier alpha value is -0.320. The second-order valence-corrected chi connectivity index (χ2v) is 4.85. The first kappa shape index (κ1) is 10.2. The average Bonchev–Trinajstić information content (AvgIpc) is 2.56. The lowest BCUT2D eigenvalue weighted by molar-refractivity contribution is 0.127. The fourth-order valence-electron chi connectivity index (χ4n) is 1.36. The maximum absolute atomic E-state index is 5.70. The molecule has 2 unspecified atom stereocenters. The summed E-state index contributed by atoms with van der Waals surface area (Å²) in [6.45, 7) is 2.92. The highest BCUT2D eigenvalue weighted by Crippen LogP contribution is 2.30.